The molecule has 3 heterocycles. The SMILES string of the molecule is CN1CCN(C(=O)C(c2cccnc2)N(C)c2ccc(S(F)(F)(F)(F)F)cc2)CC1=O.COC1CC(C=O)N(C#N)C1. The van der Waals surface area contributed by atoms with Crippen LogP contribution in [0, 0.1) is 11.5 Å². The number of aldehydes is 1. The zero-order valence-corrected chi connectivity index (χ0v) is 23.9. The highest BCUT2D eigenvalue weighted by molar-refractivity contribution is 8.45. The third-order valence-electron chi connectivity index (χ3n) is 7.00. The average molecular weight is 619 g/mol. The number of pyridine rings is 1. The van der Waals surface area contributed by atoms with Gasteiger partial charge in [-0.25, -0.2) is 0 Å². The van der Waals surface area contributed by atoms with E-state index in [1.54, 1.807) is 26.3 Å². The van der Waals surface area contributed by atoms with Crippen LogP contribution < -0.4 is 4.90 Å². The van der Waals surface area contributed by atoms with E-state index >= 15 is 0 Å². The van der Waals surface area contributed by atoms with Crippen LogP contribution in [0.15, 0.2) is 53.7 Å². The Hall–Kier alpha value is -3.97. The third kappa shape index (κ3) is 7.85. The normalized spacial score (nSPS) is 21.3. The number of hydrogen-bond donors (Lipinski definition) is 0. The van der Waals surface area contributed by atoms with E-state index in [9.17, 15) is 33.8 Å². The number of methoxy groups -OCH3 is 1. The molecular weight excluding hydrogens is 587 g/mol. The van der Waals surface area contributed by atoms with Gasteiger partial charge in [0.05, 0.1) is 25.2 Å². The van der Waals surface area contributed by atoms with Gasteiger partial charge >= 0.3 is 10.2 Å². The van der Waals surface area contributed by atoms with Crippen molar-refractivity contribution in [2.75, 3.05) is 52.3 Å². The summed E-state index contributed by atoms with van der Waals surface area (Å²) < 4.78 is 70.1. The molecule has 2 aliphatic heterocycles. The molecule has 3 atom stereocenters. The van der Waals surface area contributed by atoms with Gasteiger partial charge in [-0.1, -0.05) is 25.5 Å². The Morgan fingerprint density at radius 3 is 2.33 bits per heavy atom. The van der Waals surface area contributed by atoms with Crippen LogP contribution in [0.25, 0.3) is 0 Å². The van der Waals surface area contributed by atoms with Crippen molar-refractivity contribution in [2.45, 2.75) is 29.5 Å². The summed E-state index contributed by atoms with van der Waals surface area (Å²) in [6.45, 7) is 1.03. The molecule has 0 radical (unpaired) electrons. The van der Waals surface area contributed by atoms with E-state index in [2.05, 4.69) is 4.98 Å². The topological polar surface area (TPSA) is 110 Å². The van der Waals surface area contributed by atoms with Crippen LogP contribution >= 0.6 is 10.2 Å². The van der Waals surface area contributed by atoms with Crippen LogP contribution in [0.2, 0.25) is 0 Å². The molecule has 4 rings (SSSR count). The molecule has 16 heteroatoms. The van der Waals surface area contributed by atoms with Gasteiger partial charge in [0.1, 0.15) is 17.2 Å². The molecule has 1 aromatic carbocycles. The number of likely N-dealkylation sites (tertiary alicyclic amines) is 1. The molecule has 2 amide bonds. The number of ether oxygens (including phenoxy) is 1. The Morgan fingerprint density at radius 2 is 1.86 bits per heavy atom. The van der Waals surface area contributed by atoms with Crippen LogP contribution in [0.1, 0.15) is 18.0 Å². The minimum absolute atomic E-state index is 0.0323. The maximum atomic E-state index is 13.3. The maximum absolute atomic E-state index is 13.3. The molecule has 42 heavy (non-hydrogen) atoms. The molecule has 2 aliphatic rings. The fraction of sp³-hybridized carbons (Fsp3) is 0.423. The van der Waals surface area contributed by atoms with Gasteiger partial charge in [-0.15, -0.1) is 0 Å². The van der Waals surface area contributed by atoms with Crippen molar-refractivity contribution >= 4 is 34.0 Å². The van der Waals surface area contributed by atoms with Crippen molar-refractivity contribution in [3.05, 3.63) is 54.4 Å². The summed E-state index contributed by atoms with van der Waals surface area (Å²) in [6.07, 6.45) is 6.33. The number of aromatic nitrogens is 1. The number of anilines is 1. The lowest BCUT2D eigenvalue weighted by Crippen LogP contribution is -2.53. The van der Waals surface area contributed by atoms with E-state index in [4.69, 9.17) is 10.00 Å². The van der Waals surface area contributed by atoms with Gasteiger partial charge in [-0.2, -0.15) is 5.26 Å². The van der Waals surface area contributed by atoms with Crippen LogP contribution in [0.3, 0.4) is 0 Å². The first kappa shape index (κ1) is 32.5. The second-order valence-corrected chi connectivity index (χ2v) is 12.3. The summed E-state index contributed by atoms with van der Waals surface area (Å²) in [4.78, 5) is 43.4. The molecule has 0 spiro atoms. The summed E-state index contributed by atoms with van der Waals surface area (Å²) >= 11 is 0. The highest BCUT2D eigenvalue weighted by Crippen LogP contribution is 3.02. The number of likely N-dealkylation sites (N-methyl/N-ethyl adjacent to an activating group) is 2. The molecule has 0 aliphatic carbocycles. The van der Waals surface area contributed by atoms with E-state index in [1.807, 2.05) is 6.19 Å². The Labute approximate surface area is 240 Å². The number of piperazine rings is 1. The Balaban J connectivity index is 0.000000369. The van der Waals surface area contributed by atoms with E-state index in [-0.39, 0.29) is 36.8 Å². The molecule has 1 aromatic heterocycles. The van der Waals surface area contributed by atoms with Crippen molar-refractivity contribution in [1.29, 1.82) is 5.26 Å². The number of hydrogen-bond acceptors (Lipinski definition) is 8. The summed E-state index contributed by atoms with van der Waals surface area (Å²) in [5.41, 5.74) is 0.562. The van der Waals surface area contributed by atoms with E-state index in [0.29, 0.717) is 37.2 Å². The fourth-order valence-corrected chi connectivity index (χ4v) is 5.17. The minimum Gasteiger partial charge on any atom is -0.379 e. The van der Waals surface area contributed by atoms with Gasteiger partial charge in [0.25, 0.3) is 5.91 Å². The van der Waals surface area contributed by atoms with Gasteiger partial charge in [-0.3, -0.25) is 19.5 Å². The van der Waals surface area contributed by atoms with Crippen molar-refractivity contribution in [3.63, 3.8) is 0 Å². The van der Waals surface area contributed by atoms with Crippen molar-refractivity contribution < 1.29 is 38.5 Å². The molecule has 0 saturated carbocycles. The Bertz CT molecular complexity index is 1330. The zero-order valence-electron chi connectivity index (χ0n) is 23.1. The smallest absolute Gasteiger partial charge is 0.310 e. The lowest BCUT2D eigenvalue weighted by Gasteiger charge is -2.41. The van der Waals surface area contributed by atoms with Crippen LogP contribution in [-0.2, 0) is 19.1 Å². The summed E-state index contributed by atoms with van der Waals surface area (Å²) in [5.74, 6) is -0.693. The van der Waals surface area contributed by atoms with E-state index in [1.165, 1.54) is 39.0 Å². The number of rotatable bonds is 7. The number of carbonyl (C=O) groups excluding carboxylic acids is 3. The third-order valence-corrected chi connectivity index (χ3v) is 8.17. The standard InChI is InChI=1S/C19H21F5N4O2S.C7H10N2O2/c1-26-10-11-28(13-17(26)29)19(30)18(14-4-3-9-25-12-14)27(2)15-5-7-16(8-6-15)31(20,21,22,23)24;1-11-7-2-6(4-10)9(3-7)5-8/h3-9,12,18H,10-11,13H2,1-2H3;4,6-7H,2-3H2,1H3. The predicted octanol–water partition coefficient (Wildman–Crippen LogP) is 3.97. The van der Waals surface area contributed by atoms with Crippen LogP contribution in [-0.4, -0.2) is 97.3 Å². The molecule has 2 fully saturated rings. The molecule has 10 nitrogen and oxygen atoms in total. The summed E-state index contributed by atoms with van der Waals surface area (Å²) in [6, 6.07) is 4.30. The quantitative estimate of drug-likeness (QED) is 0.261. The van der Waals surface area contributed by atoms with Crippen molar-refractivity contribution in [2.24, 2.45) is 0 Å². The van der Waals surface area contributed by atoms with Crippen molar-refractivity contribution in [1.82, 2.24) is 19.7 Å². The van der Waals surface area contributed by atoms with E-state index in [0.717, 1.165) is 18.4 Å². The zero-order chi connectivity index (χ0) is 31.4. The fourth-order valence-electron chi connectivity index (χ4n) is 4.52. The first-order valence-corrected chi connectivity index (χ1v) is 14.6. The number of benzene rings is 1. The van der Waals surface area contributed by atoms with Gasteiger partial charge < -0.3 is 24.2 Å². The minimum atomic E-state index is -9.80. The maximum Gasteiger partial charge on any atom is 0.310 e. The molecule has 0 N–H and O–H groups in total. The van der Waals surface area contributed by atoms with Crippen LogP contribution in [0.4, 0.5) is 25.1 Å². The largest absolute Gasteiger partial charge is 0.379 e. The second kappa shape index (κ2) is 11.7. The number of nitriles is 1. The Morgan fingerprint density at radius 1 is 1.19 bits per heavy atom. The summed E-state index contributed by atoms with van der Waals surface area (Å²) in [7, 11) is -5.13. The number of halogens is 5. The number of amides is 2. The lowest BCUT2D eigenvalue weighted by molar-refractivity contribution is -0.145. The molecule has 2 saturated heterocycles. The van der Waals surface area contributed by atoms with Gasteiger partial charge in [0.2, 0.25) is 5.91 Å². The van der Waals surface area contributed by atoms with Gasteiger partial charge in [-0.05, 0) is 30.3 Å². The highest BCUT2D eigenvalue weighted by atomic mass is 32.5. The van der Waals surface area contributed by atoms with E-state index < -0.39 is 27.1 Å². The van der Waals surface area contributed by atoms with Gasteiger partial charge in [0.15, 0.2) is 6.19 Å². The number of nitrogens with zero attached hydrogens (tertiary/aromatic N) is 6. The highest BCUT2D eigenvalue weighted by Gasteiger charge is 2.65. The van der Waals surface area contributed by atoms with Crippen LogP contribution in [0.5, 0.6) is 0 Å². The first-order valence-electron chi connectivity index (χ1n) is 12.6. The van der Waals surface area contributed by atoms with Crippen molar-refractivity contribution in [3.8, 4) is 6.19 Å². The second-order valence-electron chi connectivity index (χ2n) is 9.89. The Kier molecular flexibility index (Phi) is 9.09. The monoisotopic (exact) mass is 618 g/mol. The molecule has 0 bridgehead atoms. The first-order chi connectivity index (χ1) is 19.5. The molecule has 2 aromatic rings. The molecule has 3 unspecified atom stereocenters. The number of carbonyl (C=O) groups is 3. The van der Waals surface area contributed by atoms with Gasteiger partial charge in [0, 0.05) is 64.4 Å². The molecule has 230 valence electrons. The molecular formula is C26H31F5N6O4S. The summed E-state index contributed by atoms with van der Waals surface area (Å²) in [5, 5.41) is 8.54. The average Bonchev–Trinajstić information content (AvgIpc) is 3.37. The lowest BCUT2D eigenvalue weighted by atomic mass is 10.0. The predicted molar refractivity (Wildman–Crippen MR) is 145 cm³/mol.